The summed E-state index contributed by atoms with van der Waals surface area (Å²) in [5, 5.41) is 1.36. The van der Waals surface area contributed by atoms with Crippen LogP contribution in [0.15, 0.2) is 36.5 Å². The highest BCUT2D eigenvalue weighted by Crippen LogP contribution is 2.58. The smallest absolute Gasteiger partial charge is 0.307 e. The number of hydrogen-bond donors (Lipinski definition) is 1. The molecule has 2 amide bonds. The summed E-state index contributed by atoms with van der Waals surface area (Å²) in [6.07, 6.45) is 7.94. The van der Waals surface area contributed by atoms with Crippen LogP contribution in [0.3, 0.4) is 0 Å². The number of nitrogens with zero attached hydrogens (tertiary/aromatic N) is 2. The van der Waals surface area contributed by atoms with Crippen molar-refractivity contribution < 1.29 is 46.5 Å². The maximum atomic E-state index is 14.9. The van der Waals surface area contributed by atoms with Crippen molar-refractivity contribution in [3.8, 4) is 17.4 Å². The molecule has 2 saturated carbocycles. The highest BCUT2D eigenvalue weighted by atomic mass is 32.2. The van der Waals surface area contributed by atoms with Crippen LogP contribution in [-0.2, 0) is 33.9 Å². The van der Waals surface area contributed by atoms with Gasteiger partial charge in [0.2, 0.25) is 27.7 Å². The summed E-state index contributed by atoms with van der Waals surface area (Å²) in [7, 11) is -2.41. The first-order chi connectivity index (χ1) is 26.8. The van der Waals surface area contributed by atoms with Gasteiger partial charge >= 0.3 is 5.97 Å². The van der Waals surface area contributed by atoms with Gasteiger partial charge in [-0.05, 0) is 109 Å². The fourth-order valence-electron chi connectivity index (χ4n) is 8.49. The Kier molecular flexibility index (Phi) is 12.1. The number of hydrogen-bond acceptors (Lipinski definition) is 11. The number of benzene rings is 1. The van der Waals surface area contributed by atoms with E-state index in [-0.39, 0.29) is 61.1 Å². The van der Waals surface area contributed by atoms with Gasteiger partial charge in [0.1, 0.15) is 23.2 Å². The molecule has 4 aliphatic rings. The summed E-state index contributed by atoms with van der Waals surface area (Å²) in [5.74, 6) is -1.61. The van der Waals surface area contributed by atoms with Gasteiger partial charge in [0, 0.05) is 23.6 Å². The second-order valence-corrected chi connectivity index (χ2v) is 20.2. The van der Waals surface area contributed by atoms with Crippen molar-refractivity contribution in [2.75, 3.05) is 20.3 Å². The minimum atomic E-state index is -3.96. The number of esters is 1. The van der Waals surface area contributed by atoms with Gasteiger partial charge in [0.15, 0.2) is 5.78 Å². The number of amides is 2. The van der Waals surface area contributed by atoms with E-state index < -0.39 is 55.7 Å². The van der Waals surface area contributed by atoms with Crippen molar-refractivity contribution in [1.29, 1.82) is 0 Å². The first-order valence-electron chi connectivity index (χ1n) is 20.3. The van der Waals surface area contributed by atoms with Gasteiger partial charge in [0.05, 0.1) is 55.0 Å². The molecule has 1 saturated heterocycles. The van der Waals surface area contributed by atoms with Gasteiger partial charge in [-0.3, -0.25) is 23.9 Å². The highest BCUT2D eigenvalue weighted by Gasteiger charge is 2.62. The second-order valence-electron chi connectivity index (χ2n) is 18.0. The van der Waals surface area contributed by atoms with E-state index in [0.29, 0.717) is 61.0 Å². The van der Waals surface area contributed by atoms with E-state index in [1.165, 1.54) is 4.90 Å². The number of carbonyl (C=O) groups excluding carboxylic acids is 4. The Morgan fingerprint density at radius 2 is 1.82 bits per heavy atom. The molecule has 3 fully saturated rings. The lowest BCUT2D eigenvalue weighted by atomic mass is 9.82. The van der Waals surface area contributed by atoms with Crippen molar-refractivity contribution in [1.82, 2.24) is 14.6 Å². The number of ether oxygens (including phenoxy) is 4. The van der Waals surface area contributed by atoms with Crippen LogP contribution in [0.1, 0.15) is 106 Å². The molecule has 0 unspecified atom stereocenters. The number of sulfonamides is 1. The van der Waals surface area contributed by atoms with E-state index in [1.54, 1.807) is 41.0 Å². The van der Waals surface area contributed by atoms with E-state index in [2.05, 4.69) is 16.6 Å². The molecule has 13 nitrogen and oxygen atoms in total. The molecule has 2 aliphatic heterocycles. The lowest BCUT2D eigenvalue weighted by molar-refractivity contribution is -0.160. The van der Waals surface area contributed by atoms with Crippen LogP contribution < -0.4 is 18.9 Å². The third kappa shape index (κ3) is 9.26. The van der Waals surface area contributed by atoms with E-state index in [1.807, 2.05) is 44.2 Å². The normalized spacial score (nSPS) is 29.6. The zero-order chi connectivity index (χ0) is 41.5. The standard InChI is InChI=1S/C43H59N3O10S/c1-9-54-29-14-15-31-33(19-29)36(53-8)24-44-38(31)55-30-20-34-35(47)23-43(40(50)45-57(51,52)42(7)16-17-42)22-28(43)13-11-10-12-26(2)18-27(3)32(39(49)46(34)25-30)21-37(48)56-41(4,5)6/h11,13-15,19,24,26-28,30,32,34H,9-10,12,16-18,20-23,25H2,1-8H3,(H,45,50)/b13-11-/t26-,27+,28+,30+,32-,34-,43+/m0/s1. The predicted octanol–water partition coefficient (Wildman–Crippen LogP) is 6.31. The Labute approximate surface area is 336 Å². The topological polar surface area (TPSA) is 167 Å². The molecule has 2 aliphatic carbocycles. The highest BCUT2D eigenvalue weighted by molar-refractivity contribution is 7.91. The Morgan fingerprint density at radius 3 is 2.49 bits per heavy atom. The zero-order valence-corrected chi connectivity index (χ0v) is 35.4. The minimum Gasteiger partial charge on any atom is -0.494 e. The molecule has 1 N–H and O–H groups in total. The van der Waals surface area contributed by atoms with E-state index in [4.69, 9.17) is 18.9 Å². The van der Waals surface area contributed by atoms with Crippen LogP contribution in [0.2, 0.25) is 0 Å². The average molecular weight is 810 g/mol. The van der Waals surface area contributed by atoms with Crippen LogP contribution >= 0.6 is 0 Å². The molecule has 0 spiro atoms. The summed E-state index contributed by atoms with van der Waals surface area (Å²) in [6, 6.07) is 4.48. The number of Topliss-reactive ketones (excluding diaryl/α,β-unsaturated/α-hetero) is 1. The first-order valence-corrected chi connectivity index (χ1v) is 21.8. The van der Waals surface area contributed by atoms with Gasteiger partial charge in [-0.15, -0.1) is 0 Å². The van der Waals surface area contributed by atoms with Crippen LogP contribution in [-0.4, -0.2) is 84.6 Å². The molecule has 312 valence electrons. The van der Waals surface area contributed by atoms with Gasteiger partial charge in [-0.1, -0.05) is 26.0 Å². The van der Waals surface area contributed by atoms with Gasteiger partial charge in [0.25, 0.3) is 0 Å². The van der Waals surface area contributed by atoms with Crippen molar-refractivity contribution in [3.05, 3.63) is 36.5 Å². The SMILES string of the molecule is CCOc1ccc2c(O[C@@H]3C[C@H]4C(=O)C[C@]5(C(=O)NS(=O)(=O)C6(C)CC6)C[C@H]5/C=C\CC[C@H](C)C[C@@H](C)[C@H](CC(=O)OC(C)(C)C)C(=O)N4C3)ncc(OC)c2c1. The van der Waals surface area contributed by atoms with Crippen molar-refractivity contribution in [2.45, 2.75) is 129 Å². The van der Waals surface area contributed by atoms with Crippen LogP contribution in [0, 0.1) is 29.1 Å². The van der Waals surface area contributed by atoms with E-state index in [0.717, 1.165) is 6.42 Å². The molecule has 0 radical (unpaired) electrons. The van der Waals surface area contributed by atoms with E-state index in [9.17, 15) is 27.6 Å². The number of carbonyl (C=O) groups is 4. The Bertz CT molecular complexity index is 2020. The maximum Gasteiger partial charge on any atom is 0.307 e. The first kappa shape index (κ1) is 42.4. The third-order valence-corrected chi connectivity index (χ3v) is 14.4. The van der Waals surface area contributed by atoms with Crippen LogP contribution in [0.25, 0.3) is 10.8 Å². The molecular formula is C43H59N3O10S. The number of fused-ring (bicyclic) bond motifs is 3. The Balaban J connectivity index is 1.36. The quantitative estimate of drug-likeness (QED) is 0.211. The number of rotatable bonds is 10. The number of nitrogens with one attached hydrogen (secondary N) is 1. The molecule has 57 heavy (non-hydrogen) atoms. The minimum absolute atomic E-state index is 0.0316. The predicted molar refractivity (Wildman–Crippen MR) is 214 cm³/mol. The van der Waals surface area contributed by atoms with Crippen molar-refractivity contribution in [3.63, 3.8) is 0 Å². The molecule has 0 bridgehead atoms. The Morgan fingerprint density at radius 1 is 1.09 bits per heavy atom. The monoisotopic (exact) mass is 809 g/mol. The molecule has 6 rings (SSSR count). The summed E-state index contributed by atoms with van der Waals surface area (Å²) in [6.45, 7) is 13.4. The zero-order valence-electron chi connectivity index (χ0n) is 34.6. The largest absolute Gasteiger partial charge is 0.494 e. The average Bonchev–Trinajstić information content (AvgIpc) is 4.01. The third-order valence-electron chi connectivity index (χ3n) is 12.2. The maximum absolute atomic E-state index is 14.9. The second kappa shape index (κ2) is 16.2. The lowest BCUT2D eigenvalue weighted by Crippen LogP contribution is -2.48. The summed E-state index contributed by atoms with van der Waals surface area (Å²) >= 11 is 0. The summed E-state index contributed by atoms with van der Waals surface area (Å²) < 4.78 is 51.4. The number of ketones is 1. The van der Waals surface area contributed by atoms with Crippen LogP contribution in [0.4, 0.5) is 0 Å². The molecule has 3 heterocycles. The van der Waals surface area contributed by atoms with Crippen molar-refractivity contribution in [2.24, 2.45) is 29.1 Å². The van der Waals surface area contributed by atoms with Gasteiger partial charge in [-0.2, -0.15) is 0 Å². The van der Waals surface area contributed by atoms with Gasteiger partial charge < -0.3 is 23.8 Å². The fourth-order valence-corrected chi connectivity index (χ4v) is 9.82. The molecule has 7 atom stereocenters. The number of aromatic nitrogens is 1. The number of pyridine rings is 1. The fraction of sp³-hybridized carbons (Fsp3) is 0.651. The lowest BCUT2D eigenvalue weighted by Gasteiger charge is -2.32. The van der Waals surface area contributed by atoms with E-state index >= 15 is 0 Å². The molecule has 14 heteroatoms. The summed E-state index contributed by atoms with van der Waals surface area (Å²) in [4.78, 5) is 63.1. The van der Waals surface area contributed by atoms with Crippen LogP contribution in [0.5, 0.6) is 17.4 Å². The molecule has 2 aromatic rings. The number of allylic oxidation sites excluding steroid dienone is 2. The van der Waals surface area contributed by atoms with Gasteiger partial charge in [-0.25, -0.2) is 13.4 Å². The number of methoxy groups -OCH3 is 1. The molecule has 1 aromatic carbocycles. The molecule has 1 aromatic heterocycles. The molecular weight excluding hydrogens is 751 g/mol. The van der Waals surface area contributed by atoms with Crippen molar-refractivity contribution >= 4 is 44.4 Å². The summed E-state index contributed by atoms with van der Waals surface area (Å²) in [5.41, 5.74) is -2.04. The Hall–Kier alpha value is -4.20.